The van der Waals surface area contributed by atoms with Gasteiger partial charge in [-0.05, 0) is 67.1 Å². The van der Waals surface area contributed by atoms with Gasteiger partial charge in [-0.15, -0.1) is 11.3 Å². The quantitative estimate of drug-likeness (QED) is 0.227. The van der Waals surface area contributed by atoms with Gasteiger partial charge in [0, 0.05) is 10.6 Å². The number of phenolic OH excluding ortho intramolecular Hbond substituents is 1. The molecule has 34 heavy (non-hydrogen) atoms. The van der Waals surface area contributed by atoms with Crippen LogP contribution in [0.2, 0.25) is 0 Å². The average Bonchev–Trinajstić information content (AvgIpc) is 3.17. The molecule has 4 aromatic rings. The number of carbonyl (C=O) groups excluding carboxylic acids is 1. The molecule has 0 radical (unpaired) electrons. The Labute approximate surface area is 203 Å². The number of rotatable bonds is 5. The summed E-state index contributed by atoms with van der Waals surface area (Å²) in [6.07, 6.45) is 2.73. The number of fused-ring (bicyclic) bond motifs is 3. The van der Waals surface area contributed by atoms with E-state index in [1.807, 2.05) is 0 Å². The second kappa shape index (κ2) is 9.23. The highest BCUT2D eigenvalue weighted by molar-refractivity contribution is 7.99. The van der Waals surface area contributed by atoms with Gasteiger partial charge in [-0.3, -0.25) is 14.2 Å². The van der Waals surface area contributed by atoms with E-state index in [1.54, 1.807) is 30.3 Å². The van der Waals surface area contributed by atoms with Gasteiger partial charge in [0.25, 0.3) is 5.56 Å². The minimum Gasteiger partial charge on any atom is -0.508 e. The molecule has 0 bridgehead atoms. The van der Waals surface area contributed by atoms with Crippen LogP contribution in [0.4, 0.5) is 10.1 Å². The topological polar surface area (TPSA) is 84.2 Å². The first kappa shape index (κ1) is 22.6. The third-order valence-corrected chi connectivity index (χ3v) is 7.96. The van der Waals surface area contributed by atoms with Crippen molar-refractivity contribution in [2.75, 3.05) is 11.1 Å². The Balaban J connectivity index is 1.54. The molecule has 0 fully saturated rings. The molecule has 1 aliphatic rings. The van der Waals surface area contributed by atoms with E-state index in [9.17, 15) is 19.1 Å². The van der Waals surface area contributed by atoms with Crippen LogP contribution in [0.25, 0.3) is 15.9 Å². The molecule has 0 aliphatic heterocycles. The summed E-state index contributed by atoms with van der Waals surface area (Å²) in [5.41, 5.74) is 1.39. The van der Waals surface area contributed by atoms with Crippen LogP contribution in [0.1, 0.15) is 23.8 Å². The maximum atomic E-state index is 14.8. The fourth-order valence-electron chi connectivity index (χ4n) is 4.19. The van der Waals surface area contributed by atoms with Gasteiger partial charge in [0.2, 0.25) is 5.91 Å². The number of aromatic nitrogens is 2. The predicted molar refractivity (Wildman–Crippen MR) is 134 cm³/mol. The van der Waals surface area contributed by atoms with Gasteiger partial charge in [-0.25, -0.2) is 9.37 Å². The Morgan fingerprint density at radius 1 is 1.26 bits per heavy atom. The molecule has 2 aromatic carbocycles. The molecule has 0 saturated heterocycles. The Kier molecular flexibility index (Phi) is 6.14. The van der Waals surface area contributed by atoms with Crippen LogP contribution in [-0.2, 0) is 17.6 Å². The van der Waals surface area contributed by atoms with Gasteiger partial charge in [-0.1, -0.05) is 30.8 Å². The van der Waals surface area contributed by atoms with E-state index in [0.29, 0.717) is 21.8 Å². The van der Waals surface area contributed by atoms with Crippen molar-refractivity contribution < 1.29 is 14.3 Å². The van der Waals surface area contributed by atoms with Crippen LogP contribution in [0.3, 0.4) is 0 Å². The van der Waals surface area contributed by atoms with Gasteiger partial charge >= 0.3 is 0 Å². The molecule has 9 heteroatoms. The lowest BCUT2D eigenvalue weighted by Gasteiger charge is -2.18. The minimum atomic E-state index is -0.529. The van der Waals surface area contributed by atoms with Gasteiger partial charge in [0.15, 0.2) is 5.16 Å². The van der Waals surface area contributed by atoms with E-state index in [0.717, 1.165) is 36.6 Å². The lowest BCUT2D eigenvalue weighted by atomic mass is 9.89. The standard InChI is InChI=1S/C25H22FN3O3S2/c1-14-6-11-17-20(12-14)34-23-22(17)24(32)29(19-5-3-2-4-18(19)26)25(28-23)33-13-21(31)27-15-7-9-16(30)10-8-15/h2-5,7-10,14,30H,6,11-13H2,1H3,(H,27,31). The Bertz CT molecular complexity index is 1450. The number of halogens is 1. The zero-order chi connectivity index (χ0) is 23.8. The van der Waals surface area contributed by atoms with E-state index < -0.39 is 5.82 Å². The van der Waals surface area contributed by atoms with Gasteiger partial charge in [-0.2, -0.15) is 0 Å². The summed E-state index contributed by atoms with van der Waals surface area (Å²) in [5, 5.41) is 13.0. The number of thiophene rings is 1. The van der Waals surface area contributed by atoms with Crippen LogP contribution >= 0.6 is 23.1 Å². The van der Waals surface area contributed by atoms with E-state index in [1.165, 1.54) is 39.0 Å². The fraction of sp³-hybridized carbons (Fsp3) is 0.240. The van der Waals surface area contributed by atoms with Crippen molar-refractivity contribution in [2.24, 2.45) is 5.92 Å². The zero-order valence-electron chi connectivity index (χ0n) is 18.4. The molecule has 0 saturated carbocycles. The van der Waals surface area contributed by atoms with Gasteiger partial charge in [0.1, 0.15) is 16.4 Å². The first-order chi connectivity index (χ1) is 16.4. The molecule has 1 amide bonds. The number of para-hydroxylation sites is 1. The highest BCUT2D eigenvalue weighted by Gasteiger charge is 2.26. The highest BCUT2D eigenvalue weighted by Crippen LogP contribution is 2.37. The maximum Gasteiger partial charge on any atom is 0.267 e. The molecule has 1 atom stereocenters. The van der Waals surface area contributed by atoms with Crippen molar-refractivity contribution in [3.05, 3.63) is 75.1 Å². The monoisotopic (exact) mass is 495 g/mol. The van der Waals surface area contributed by atoms with E-state index in [4.69, 9.17) is 4.98 Å². The lowest BCUT2D eigenvalue weighted by molar-refractivity contribution is -0.113. The Morgan fingerprint density at radius 2 is 2.03 bits per heavy atom. The number of hydrogen-bond donors (Lipinski definition) is 2. The first-order valence-corrected chi connectivity index (χ1v) is 12.7. The smallest absolute Gasteiger partial charge is 0.267 e. The van der Waals surface area contributed by atoms with Crippen molar-refractivity contribution in [3.63, 3.8) is 0 Å². The summed E-state index contributed by atoms with van der Waals surface area (Å²) in [6, 6.07) is 12.2. The number of carbonyl (C=O) groups is 1. The summed E-state index contributed by atoms with van der Waals surface area (Å²) in [6.45, 7) is 2.20. The normalized spacial score (nSPS) is 15.3. The summed E-state index contributed by atoms with van der Waals surface area (Å²) < 4.78 is 16.1. The van der Waals surface area contributed by atoms with Gasteiger partial charge < -0.3 is 10.4 Å². The average molecular weight is 496 g/mol. The largest absolute Gasteiger partial charge is 0.508 e. The van der Waals surface area contributed by atoms with Crippen LogP contribution in [0.5, 0.6) is 5.75 Å². The fourth-order valence-corrected chi connectivity index (χ4v) is 6.42. The van der Waals surface area contributed by atoms with Crippen LogP contribution in [-0.4, -0.2) is 26.3 Å². The number of hydrogen-bond acceptors (Lipinski definition) is 6. The molecule has 174 valence electrons. The molecule has 2 N–H and O–H groups in total. The molecule has 2 heterocycles. The number of aromatic hydroxyl groups is 1. The number of thioether (sulfide) groups is 1. The summed E-state index contributed by atoms with van der Waals surface area (Å²) in [4.78, 5) is 32.8. The molecule has 6 nitrogen and oxygen atoms in total. The van der Waals surface area contributed by atoms with E-state index >= 15 is 0 Å². The number of benzene rings is 2. The molecule has 5 rings (SSSR count). The Hall–Kier alpha value is -3.17. The Morgan fingerprint density at radius 3 is 2.79 bits per heavy atom. The number of nitrogens with zero attached hydrogens (tertiary/aromatic N) is 2. The molecule has 1 unspecified atom stereocenters. The van der Waals surface area contributed by atoms with Crippen LogP contribution < -0.4 is 10.9 Å². The second-order valence-corrected chi connectivity index (χ2v) is 10.4. The molecular weight excluding hydrogens is 473 g/mol. The van der Waals surface area contributed by atoms with Crippen LogP contribution in [0, 0.1) is 11.7 Å². The van der Waals surface area contributed by atoms with Crippen molar-refractivity contribution in [3.8, 4) is 11.4 Å². The molecule has 0 spiro atoms. The maximum absolute atomic E-state index is 14.8. The number of anilines is 1. The van der Waals surface area contributed by atoms with Crippen LogP contribution in [0.15, 0.2) is 58.5 Å². The number of aryl methyl sites for hydroxylation is 1. The third kappa shape index (κ3) is 4.33. The SMILES string of the molecule is CC1CCc2c(sc3nc(SCC(=O)Nc4ccc(O)cc4)n(-c4ccccc4F)c(=O)c23)C1. The van der Waals surface area contributed by atoms with Gasteiger partial charge in [0.05, 0.1) is 16.8 Å². The van der Waals surface area contributed by atoms with Crippen molar-refractivity contribution in [1.29, 1.82) is 0 Å². The summed E-state index contributed by atoms with van der Waals surface area (Å²) in [7, 11) is 0. The number of phenols is 1. The molecule has 2 aromatic heterocycles. The molecular formula is C25H22FN3O3S2. The molecule has 1 aliphatic carbocycles. The summed E-state index contributed by atoms with van der Waals surface area (Å²) in [5.74, 6) is -0.197. The predicted octanol–water partition coefficient (Wildman–Crippen LogP) is 5.15. The third-order valence-electron chi connectivity index (χ3n) is 5.88. The second-order valence-electron chi connectivity index (χ2n) is 8.40. The van der Waals surface area contributed by atoms with E-state index in [-0.39, 0.29) is 33.8 Å². The van der Waals surface area contributed by atoms with Crippen molar-refractivity contribution >= 4 is 44.9 Å². The summed E-state index contributed by atoms with van der Waals surface area (Å²) >= 11 is 2.61. The first-order valence-electron chi connectivity index (χ1n) is 10.9. The van der Waals surface area contributed by atoms with E-state index in [2.05, 4.69) is 12.2 Å². The number of nitrogens with one attached hydrogen (secondary N) is 1. The number of amides is 1. The van der Waals surface area contributed by atoms with Crippen molar-refractivity contribution in [1.82, 2.24) is 9.55 Å². The lowest BCUT2D eigenvalue weighted by Crippen LogP contribution is -2.24. The minimum absolute atomic E-state index is 0.0185. The van der Waals surface area contributed by atoms with Crippen molar-refractivity contribution in [2.45, 2.75) is 31.3 Å². The highest BCUT2D eigenvalue weighted by atomic mass is 32.2. The zero-order valence-corrected chi connectivity index (χ0v) is 20.0.